The summed E-state index contributed by atoms with van der Waals surface area (Å²) in [5, 5.41) is 0. The van der Waals surface area contributed by atoms with E-state index in [1.807, 2.05) is 0 Å². The molecule has 0 aromatic heterocycles. The summed E-state index contributed by atoms with van der Waals surface area (Å²) in [5.41, 5.74) is 0. The maximum atomic E-state index is 3.74. The molecular formula is C6H15BrSi. The highest BCUT2D eigenvalue weighted by Crippen LogP contribution is 2.10. The summed E-state index contributed by atoms with van der Waals surface area (Å²) in [6, 6.07) is 2.93. The van der Waals surface area contributed by atoms with Gasteiger partial charge in [0.1, 0.15) is 7.42 Å². The maximum Gasteiger partial charge on any atom is 0.114 e. The van der Waals surface area contributed by atoms with Crippen LogP contribution in [0.4, 0.5) is 0 Å². The Morgan fingerprint density at radius 1 is 1.12 bits per heavy atom. The molecule has 0 aliphatic rings. The van der Waals surface area contributed by atoms with Gasteiger partial charge in [0.15, 0.2) is 0 Å². The summed E-state index contributed by atoms with van der Waals surface area (Å²) in [5.74, 6) is 0. The third kappa shape index (κ3) is 4.85. The molecular weight excluding hydrogens is 180 g/mol. The van der Waals surface area contributed by atoms with Crippen LogP contribution in [0.3, 0.4) is 0 Å². The van der Waals surface area contributed by atoms with Crippen molar-refractivity contribution in [2.75, 3.05) is 0 Å². The largest absolute Gasteiger partial charge is 0.131 e. The van der Waals surface area contributed by atoms with Crippen LogP contribution in [0.15, 0.2) is 0 Å². The second-order valence-electron chi connectivity index (χ2n) is 2.17. The molecule has 0 aliphatic carbocycles. The zero-order valence-corrected chi connectivity index (χ0v) is 8.52. The summed E-state index contributed by atoms with van der Waals surface area (Å²) >= 11 is 3.74. The summed E-state index contributed by atoms with van der Waals surface area (Å²) in [6.45, 7) is 4.52. The highest BCUT2D eigenvalue weighted by atomic mass is 79.9. The molecule has 0 atom stereocenters. The molecule has 2 heteroatoms. The van der Waals surface area contributed by atoms with E-state index in [0.29, 0.717) is 0 Å². The fraction of sp³-hybridized carbons (Fsp3) is 1.00. The van der Waals surface area contributed by atoms with Crippen LogP contribution in [-0.2, 0) is 0 Å². The second kappa shape index (κ2) is 5.83. The average Bonchev–Trinajstić information content (AvgIpc) is 1.68. The molecule has 0 nitrogen and oxygen atoms in total. The second-order valence-corrected chi connectivity index (χ2v) is 8.41. The fourth-order valence-electron chi connectivity index (χ4n) is 0.771. The zero-order valence-electron chi connectivity index (χ0n) is 5.78. The molecule has 0 heterocycles. The smallest absolute Gasteiger partial charge is 0.114 e. The Morgan fingerprint density at radius 2 is 1.50 bits per heavy atom. The summed E-state index contributed by atoms with van der Waals surface area (Å²) in [6.07, 6.45) is 2.73. The van der Waals surface area contributed by atoms with Crippen molar-refractivity contribution in [2.45, 2.75) is 38.8 Å². The Labute approximate surface area is 61.9 Å². The normalized spacial score (nSPS) is 10.5. The van der Waals surface area contributed by atoms with Crippen LogP contribution in [-0.4, -0.2) is 7.42 Å². The minimum Gasteiger partial charge on any atom is -0.131 e. The van der Waals surface area contributed by atoms with Gasteiger partial charge in [-0.25, -0.2) is 0 Å². The van der Waals surface area contributed by atoms with Gasteiger partial charge < -0.3 is 0 Å². The number of hydrogen-bond donors (Lipinski definition) is 0. The molecule has 0 saturated heterocycles. The molecule has 0 aromatic carbocycles. The van der Waals surface area contributed by atoms with E-state index >= 15 is 0 Å². The molecule has 0 N–H and O–H groups in total. The minimum atomic E-state index is -0.390. The Kier molecular flexibility index (Phi) is 6.33. The SMILES string of the molecule is CCC[SiH](Br)CCC. The molecule has 50 valence electrons. The number of rotatable bonds is 4. The van der Waals surface area contributed by atoms with Gasteiger partial charge in [0.05, 0.1) is 0 Å². The van der Waals surface area contributed by atoms with Gasteiger partial charge >= 0.3 is 0 Å². The first kappa shape index (κ1) is 8.70. The summed E-state index contributed by atoms with van der Waals surface area (Å²) < 4.78 is 0. The van der Waals surface area contributed by atoms with Crippen molar-refractivity contribution in [3.63, 3.8) is 0 Å². The molecule has 0 rings (SSSR count). The lowest BCUT2D eigenvalue weighted by atomic mass is 10.6. The van der Waals surface area contributed by atoms with Crippen LogP contribution >= 0.6 is 15.3 Å². The molecule has 0 unspecified atom stereocenters. The van der Waals surface area contributed by atoms with Crippen molar-refractivity contribution in [3.8, 4) is 0 Å². The lowest BCUT2D eigenvalue weighted by molar-refractivity contribution is 1.02. The highest BCUT2D eigenvalue weighted by molar-refractivity contribution is 9.24. The van der Waals surface area contributed by atoms with Gasteiger partial charge in [-0.2, -0.15) is 0 Å². The van der Waals surface area contributed by atoms with E-state index in [-0.39, 0.29) is 7.42 Å². The van der Waals surface area contributed by atoms with E-state index in [2.05, 4.69) is 29.1 Å². The van der Waals surface area contributed by atoms with Crippen LogP contribution in [0.1, 0.15) is 26.7 Å². The number of halogens is 1. The van der Waals surface area contributed by atoms with E-state index < -0.39 is 0 Å². The molecule has 0 amide bonds. The third-order valence-corrected chi connectivity index (χ3v) is 6.36. The fourth-order valence-corrected chi connectivity index (χ4v) is 5.06. The molecule has 0 saturated carbocycles. The number of hydrogen-bond acceptors (Lipinski definition) is 0. The Balaban J connectivity index is 2.92. The van der Waals surface area contributed by atoms with E-state index in [9.17, 15) is 0 Å². The van der Waals surface area contributed by atoms with Crippen molar-refractivity contribution in [3.05, 3.63) is 0 Å². The van der Waals surface area contributed by atoms with Gasteiger partial charge in [-0.15, -0.1) is 15.3 Å². The van der Waals surface area contributed by atoms with Crippen LogP contribution < -0.4 is 0 Å². The van der Waals surface area contributed by atoms with Crippen LogP contribution in [0.25, 0.3) is 0 Å². The predicted molar refractivity (Wildman–Crippen MR) is 46.3 cm³/mol. The van der Waals surface area contributed by atoms with Crippen molar-refractivity contribution in [1.82, 2.24) is 0 Å². The van der Waals surface area contributed by atoms with Crippen LogP contribution in [0.5, 0.6) is 0 Å². The maximum absolute atomic E-state index is 3.74. The van der Waals surface area contributed by atoms with Crippen molar-refractivity contribution >= 4 is 22.7 Å². The average molecular weight is 195 g/mol. The van der Waals surface area contributed by atoms with Gasteiger partial charge in [0.25, 0.3) is 0 Å². The van der Waals surface area contributed by atoms with Gasteiger partial charge in [-0.1, -0.05) is 38.8 Å². The molecule has 0 spiro atoms. The summed E-state index contributed by atoms with van der Waals surface area (Å²) in [4.78, 5) is 0. The molecule has 8 heavy (non-hydrogen) atoms. The Morgan fingerprint density at radius 3 is 1.75 bits per heavy atom. The van der Waals surface area contributed by atoms with Crippen molar-refractivity contribution < 1.29 is 0 Å². The molecule has 0 radical (unpaired) electrons. The molecule has 0 fully saturated rings. The third-order valence-electron chi connectivity index (χ3n) is 1.20. The Hall–Kier alpha value is 0.697. The molecule has 0 aliphatic heterocycles. The molecule has 0 aromatic rings. The van der Waals surface area contributed by atoms with Gasteiger partial charge in [0, 0.05) is 0 Å². The first-order valence-electron chi connectivity index (χ1n) is 3.45. The highest BCUT2D eigenvalue weighted by Gasteiger charge is 2.00. The lowest BCUT2D eigenvalue weighted by Gasteiger charge is -2.01. The Bertz CT molecular complexity index is 41.8. The van der Waals surface area contributed by atoms with Gasteiger partial charge in [-0.05, 0) is 0 Å². The van der Waals surface area contributed by atoms with Gasteiger partial charge in [-0.3, -0.25) is 0 Å². The summed E-state index contributed by atoms with van der Waals surface area (Å²) in [7, 11) is -0.390. The van der Waals surface area contributed by atoms with Crippen molar-refractivity contribution in [1.29, 1.82) is 0 Å². The first-order valence-corrected chi connectivity index (χ1v) is 8.27. The predicted octanol–water partition coefficient (Wildman–Crippen LogP) is 2.93. The van der Waals surface area contributed by atoms with Crippen LogP contribution in [0.2, 0.25) is 12.1 Å². The monoisotopic (exact) mass is 194 g/mol. The van der Waals surface area contributed by atoms with E-state index in [1.165, 1.54) is 24.9 Å². The van der Waals surface area contributed by atoms with E-state index in [0.717, 1.165) is 0 Å². The minimum absolute atomic E-state index is 0.390. The molecule has 0 bridgehead atoms. The standard InChI is InChI=1S/C6H15BrSi/c1-3-5-8(7)6-4-2/h8H,3-6H2,1-2H3. The quantitative estimate of drug-likeness (QED) is 0.478. The van der Waals surface area contributed by atoms with E-state index in [1.54, 1.807) is 0 Å². The first-order chi connectivity index (χ1) is 3.81. The van der Waals surface area contributed by atoms with Crippen LogP contribution in [0, 0.1) is 0 Å². The lowest BCUT2D eigenvalue weighted by Crippen LogP contribution is -1.98. The zero-order chi connectivity index (χ0) is 6.41. The van der Waals surface area contributed by atoms with E-state index in [4.69, 9.17) is 0 Å². The van der Waals surface area contributed by atoms with Gasteiger partial charge in [0.2, 0.25) is 0 Å². The topological polar surface area (TPSA) is 0 Å². The van der Waals surface area contributed by atoms with Crippen molar-refractivity contribution in [2.24, 2.45) is 0 Å².